The van der Waals surface area contributed by atoms with Crippen LogP contribution in [0, 0.1) is 0 Å². The van der Waals surface area contributed by atoms with Gasteiger partial charge in [0.25, 0.3) is 10.0 Å². The van der Waals surface area contributed by atoms with Crippen molar-refractivity contribution in [2.45, 2.75) is 11.4 Å². The molecule has 1 N–H and O–H groups in total. The van der Waals surface area contributed by atoms with E-state index in [9.17, 15) is 8.42 Å². The molecule has 0 fully saturated rings. The lowest BCUT2D eigenvalue weighted by molar-refractivity contribution is 0.600. The lowest BCUT2D eigenvalue weighted by atomic mass is 10.1. The summed E-state index contributed by atoms with van der Waals surface area (Å²) < 4.78 is 29.6. The number of nitrogens with one attached hydrogen (secondary N) is 1. The topological polar surface area (TPSA) is 64.0 Å². The molecule has 0 unspecified atom stereocenters. The average molecular weight is 398 g/mol. The van der Waals surface area contributed by atoms with Gasteiger partial charge in [0.05, 0.1) is 11.4 Å². The van der Waals surface area contributed by atoms with E-state index in [4.69, 9.17) is 11.6 Å². The first-order chi connectivity index (χ1) is 13.0. The molecule has 0 spiro atoms. The molecule has 0 aliphatic rings. The average Bonchev–Trinajstić information content (AvgIpc) is 3.00. The van der Waals surface area contributed by atoms with Crippen LogP contribution in [-0.2, 0) is 16.6 Å². The predicted octanol–water partition coefficient (Wildman–Crippen LogP) is 4.54. The van der Waals surface area contributed by atoms with Crippen molar-refractivity contribution >= 4 is 38.2 Å². The van der Waals surface area contributed by atoms with E-state index in [0.717, 1.165) is 16.3 Å². The second-order valence-electron chi connectivity index (χ2n) is 6.12. The molecule has 0 atom stereocenters. The molecule has 136 valence electrons. The molecule has 0 bridgehead atoms. The van der Waals surface area contributed by atoms with E-state index in [1.165, 1.54) is 0 Å². The van der Waals surface area contributed by atoms with Crippen LogP contribution in [0.5, 0.6) is 0 Å². The molecule has 4 rings (SSSR count). The molecule has 0 amide bonds. The SMILES string of the molecule is O=S(=O)(Nc1nn(Cc2ccccc2)cc1Cl)c1ccc2ccccc2c1. The minimum atomic E-state index is -3.80. The molecule has 0 saturated heterocycles. The monoisotopic (exact) mass is 397 g/mol. The van der Waals surface area contributed by atoms with Crippen molar-refractivity contribution < 1.29 is 8.42 Å². The molecule has 1 aromatic heterocycles. The summed E-state index contributed by atoms with van der Waals surface area (Å²) in [6, 6.07) is 22.3. The first-order valence-corrected chi connectivity index (χ1v) is 10.2. The Hall–Kier alpha value is -2.83. The summed E-state index contributed by atoms with van der Waals surface area (Å²) in [6.45, 7) is 0.498. The van der Waals surface area contributed by atoms with Crippen LogP contribution < -0.4 is 4.72 Å². The maximum atomic E-state index is 12.7. The highest BCUT2D eigenvalue weighted by Gasteiger charge is 2.18. The lowest BCUT2D eigenvalue weighted by Gasteiger charge is -2.07. The van der Waals surface area contributed by atoms with Crippen LogP contribution in [0.3, 0.4) is 0 Å². The van der Waals surface area contributed by atoms with Crippen molar-refractivity contribution in [1.82, 2.24) is 9.78 Å². The van der Waals surface area contributed by atoms with Gasteiger partial charge in [-0.1, -0.05) is 72.3 Å². The van der Waals surface area contributed by atoms with Gasteiger partial charge in [-0.05, 0) is 28.5 Å². The fourth-order valence-electron chi connectivity index (χ4n) is 2.84. The minimum absolute atomic E-state index is 0.112. The van der Waals surface area contributed by atoms with Gasteiger partial charge >= 0.3 is 0 Å². The van der Waals surface area contributed by atoms with Gasteiger partial charge in [0.15, 0.2) is 5.82 Å². The number of rotatable bonds is 5. The third-order valence-corrected chi connectivity index (χ3v) is 5.78. The van der Waals surface area contributed by atoms with E-state index in [2.05, 4.69) is 9.82 Å². The number of nitrogens with zero attached hydrogens (tertiary/aromatic N) is 2. The summed E-state index contributed by atoms with van der Waals surface area (Å²) in [6.07, 6.45) is 1.60. The van der Waals surface area contributed by atoms with Gasteiger partial charge in [-0.3, -0.25) is 9.40 Å². The zero-order chi connectivity index (χ0) is 18.9. The first-order valence-electron chi connectivity index (χ1n) is 8.30. The maximum absolute atomic E-state index is 12.7. The number of halogens is 1. The largest absolute Gasteiger partial charge is 0.265 e. The number of sulfonamides is 1. The molecule has 0 aliphatic carbocycles. The smallest absolute Gasteiger partial charge is 0.263 e. The Labute approximate surface area is 162 Å². The molecule has 0 radical (unpaired) electrons. The summed E-state index contributed by atoms with van der Waals surface area (Å²) in [4.78, 5) is 0.162. The Kier molecular flexibility index (Phi) is 4.59. The molecule has 27 heavy (non-hydrogen) atoms. The van der Waals surface area contributed by atoms with E-state index in [0.29, 0.717) is 6.54 Å². The van der Waals surface area contributed by atoms with E-state index < -0.39 is 10.0 Å². The predicted molar refractivity (Wildman–Crippen MR) is 108 cm³/mol. The second-order valence-corrected chi connectivity index (χ2v) is 8.21. The Morgan fingerprint density at radius 2 is 1.63 bits per heavy atom. The van der Waals surface area contributed by atoms with Crippen LogP contribution >= 0.6 is 11.6 Å². The molecule has 0 saturated carbocycles. The summed E-state index contributed by atoms with van der Waals surface area (Å²) in [5.74, 6) is 0.112. The number of aromatic nitrogens is 2. The van der Waals surface area contributed by atoms with Crippen LogP contribution in [0.15, 0.2) is 83.9 Å². The van der Waals surface area contributed by atoms with Crippen LogP contribution in [0.25, 0.3) is 10.8 Å². The number of benzene rings is 3. The van der Waals surface area contributed by atoms with Gasteiger partial charge in [0.2, 0.25) is 0 Å². The van der Waals surface area contributed by atoms with E-state index in [1.807, 2.05) is 54.6 Å². The Morgan fingerprint density at radius 3 is 2.41 bits per heavy atom. The normalized spacial score (nSPS) is 11.6. The molecule has 5 nitrogen and oxygen atoms in total. The highest BCUT2D eigenvalue weighted by Crippen LogP contribution is 2.25. The third-order valence-electron chi connectivity index (χ3n) is 4.17. The van der Waals surface area contributed by atoms with Crippen LogP contribution in [0.1, 0.15) is 5.56 Å². The fraction of sp³-hybridized carbons (Fsp3) is 0.0500. The molecule has 1 heterocycles. The summed E-state index contributed by atoms with van der Waals surface area (Å²) in [5.41, 5.74) is 1.04. The minimum Gasteiger partial charge on any atom is -0.265 e. The molecular formula is C20H16ClN3O2S. The molecule has 3 aromatic carbocycles. The molecule has 7 heteroatoms. The molecular weight excluding hydrogens is 382 g/mol. The van der Waals surface area contributed by atoms with Gasteiger partial charge in [0, 0.05) is 6.20 Å². The standard InChI is InChI=1S/C20H16ClN3O2S/c21-19-14-24(13-15-6-2-1-3-7-15)22-20(19)23-27(25,26)18-11-10-16-8-4-5-9-17(16)12-18/h1-12,14H,13H2,(H,22,23). The van der Waals surface area contributed by atoms with Crippen molar-refractivity contribution in [3.63, 3.8) is 0 Å². The van der Waals surface area contributed by atoms with Gasteiger partial charge in [-0.2, -0.15) is 5.10 Å². The number of hydrogen-bond acceptors (Lipinski definition) is 3. The second kappa shape index (κ2) is 7.06. The van der Waals surface area contributed by atoms with Gasteiger partial charge in [0.1, 0.15) is 5.02 Å². The third kappa shape index (κ3) is 3.82. The summed E-state index contributed by atoms with van der Waals surface area (Å²) >= 11 is 6.19. The quantitative estimate of drug-likeness (QED) is 0.537. The number of hydrogen-bond donors (Lipinski definition) is 1. The molecule has 4 aromatic rings. The number of fused-ring (bicyclic) bond motifs is 1. The van der Waals surface area contributed by atoms with Crippen LogP contribution in [0.4, 0.5) is 5.82 Å². The highest BCUT2D eigenvalue weighted by molar-refractivity contribution is 7.92. The fourth-order valence-corrected chi connectivity index (χ4v) is 4.14. The maximum Gasteiger partial charge on any atom is 0.263 e. The Balaban J connectivity index is 1.60. The zero-order valence-corrected chi connectivity index (χ0v) is 15.8. The van der Waals surface area contributed by atoms with Crippen LogP contribution in [0.2, 0.25) is 5.02 Å². The van der Waals surface area contributed by atoms with E-state index in [1.54, 1.807) is 29.1 Å². The summed E-state index contributed by atoms with van der Waals surface area (Å²) in [7, 11) is -3.80. The van der Waals surface area contributed by atoms with Gasteiger partial charge in [-0.15, -0.1) is 0 Å². The number of anilines is 1. The van der Waals surface area contributed by atoms with Crippen molar-refractivity contribution in [3.8, 4) is 0 Å². The van der Waals surface area contributed by atoms with E-state index in [-0.39, 0.29) is 15.7 Å². The zero-order valence-electron chi connectivity index (χ0n) is 14.2. The van der Waals surface area contributed by atoms with Gasteiger partial charge < -0.3 is 0 Å². The first kappa shape index (κ1) is 17.6. The highest BCUT2D eigenvalue weighted by atomic mass is 35.5. The van der Waals surface area contributed by atoms with Crippen molar-refractivity contribution in [2.24, 2.45) is 0 Å². The lowest BCUT2D eigenvalue weighted by Crippen LogP contribution is -2.14. The Morgan fingerprint density at radius 1 is 0.926 bits per heavy atom. The summed E-state index contributed by atoms with van der Waals surface area (Å²) in [5, 5.41) is 6.34. The van der Waals surface area contributed by atoms with E-state index >= 15 is 0 Å². The molecule has 0 aliphatic heterocycles. The van der Waals surface area contributed by atoms with Crippen molar-refractivity contribution in [2.75, 3.05) is 4.72 Å². The van der Waals surface area contributed by atoms with Crippen molar-refractivity contribution in [1.29, 1.82) is 0 Å². The van der Waals surface area contributed by atoms with Crippen molar-refractivity contribution in [3.05, 3.63) is 89.6 Å². The Bertz CT molecular complexity index is 1200. The van der Waals surface area contributed by atoms with Crippen LogP contribution in [-0.4, -0.2) is 18.2 Å². The van der Waals surface area contributed by atoms with Gasteiger partial charge in [-0.25, -0.2) is 8.42 Å².